The van der Waals surface area contributed by atoms with Crippen LogP contribution in [0.3, 0.4) is 0 Å². The Bertz CT molecular complexity index is 1220. The van der Waals surface area contributed by atoms with Crippen molar-refractivity contribution in [3.63, 3.8) is 0 Å². The number of hydrogen-bond acceptors (Lipinski definition) is 4. The maximum absolute atomic E-state index is 13.9. The molecule has 0 saturated carbocycles. The molecule has 4 aromatic rings. The molecule has 30 heavy (non-hydrogen) atoms. The second-order valence-corrected chi connectivity index (χ2v) is 6.09. The van der Waals surface area contributed by atoms with Crippen LogP contribution in [-0.4, -0.2) is 26.0 Å². The average molecular weight is 583 g/mol. The zero-order valence-electron chi connectivity index (χ0n) is 15.1. The average Bonchev–Trinajstić information content (AvgIpc) is 2.74. The minimum atomic E-state index is -1.09. The van der Waals surface area contributed by atoms with Crippen molar-refractivity contribution in [3.8, 4) is 33.8 Å². The van der Waals surface area contributed by atoms with E-state index >= 15 is 0 Å². The zero-order valence-corrected chi connectivity index (χ0v) is 17.4. The molecule has 0 saturated heterocycles. The molecule has 4 rings (SSSR count). The quantitative estimate of drug-likeness (QED) is 0.280. The molecule has 0 atom stereocenters. The van der Waals surface area contributed by atoms with Crippen LogP contribution in [0, 0.1) is 18.0 Å². The van der Waals surface area contributed by atoms with E-state index in [0.29, 0.717) is 11.4 Å². The summed E-state index contributed by atoms with van der Waals surface area (Å²) >= 11 is 0. The fourth-order valence-corrected chi connectivity index (χ4v) is 2.81. The number of halogens is 2. The summed E-state index contributed by atoms with van der Waals surface area (Å²) in [4.78, 5) is 22.8. The molecule has 0 bridgehead atoms. The molecule has 0 spiro atoms. The van der Waals surface area contributed by atoms with Crippen LogP contribution in [0.4, 0.5) is 8.78 Å². The topological polar surface area (TPSA) is 76.0 Å². The van der Waals surface area contributed by atoms with Gasteiger partial charge in [0.05, 0.1) is 11.4 Å². The molecule has 0 fully saturated rings. The first-order valence-corrected chi connectivity index (χ1v) is 8.53. The van der Waals surface area contributed by atoms with E-state index in [2.05, 4.69) is 21.0 Å². The van der Waals surface area contributed by atoms with Crippen molar-refractivity contribution in [2.45, 2.75) is 0 Å². The minimum absolute atomic E-state index is 0. The van der Waals surface area contributed by atoms with Crippen molar-refractivity contribution in [1.29, 1.82) is 0 Å². The molecule has 5 nitrogen and oxygen atoms in total. The van der Waals surface area contributed by atoms with Gasteiger partial charge in [-0.25, -0.2) is 18.6 Å². The van der Waals surface area contributed by atoms with Gasteiger partial charge in [-0.3, -0.25) is 9.97 Å². The number of hydrogen-bond donors (Lipinski definition) is 1. The van der Waals surface area contributed by atoms with Crippen LogP contribution in [0.5, 0.6) is 0 Å². The molecule has 1 aromatic carbocycles. The van der Waals surface area contributed by atoms with E-state index < -0.39 is 17.9 Å². The van der Waals surface area contributed by atoms with Gasteiger partial charge in [0.25, 0.3) is 0 Å². The van der Waals surface area contributed by atoms with E-state index in [-0.39, 0.29) is 38.0 Å². The third-order valence-corrected chi connectivity index (χ3v) is 4.20. The largest absolute Gasteiger partial charge is 0.477 e. The van der Waals surface area contributed by atoms with Gasteiger partial charge in [-0.15, -0.1) is 6.07 Å². The minimum Gasteiger partial charge on any atom is -0.477 e. The molecular formula is C22H12F2N3O2Pt-. The normalized spacial score (nSPS) is 10.3. The molecule has 3 heterocycles. The van der Waals surface area contributed by atoms with Crippen molar-refractivity contribution >= 4 is 5.97 Å². The summed E-state index contributed by atoms with van der Waals surface area (Å²) in [5.74, 6) is -3.02. The van der Waals surface area contributed by atoms with Gasteiger partial charge in [0.2, 0.25) is 0 Å². The zero-order chi connectivity index (χ0) is 20.4. The first-order chi connectivity index (χ1) is 14.0. The summed E-state index contributed by atoms with van der Waals surface area (Å²) in [6, 6.07) is 20.5. The van der Waals surface area contributed by atoms with Crippen molar-refractivity contribution < 1.29 is 39.7 Å². The van der Waals surface area contributed by atoms with Gasteiger partial charge < -0.3 is 5.11 Å². The van der Waals surface area contributed by atoms with Crippen LogP contribution >= 0.6 is 0 Å². The Morgan fingerprint density at radius 1 is 0.800 bits per heavy atom. The first-order valence-electron chi connectivity index (χ1n) is 8.53. The second-order valence-electron chi connectivity index (χ2n) is 6.09. The Balaban J connectivity index is 0.00000256. The van der Waals surface area contributed by atoms with Gasteiger partial charge in [-0.1, -0.05) is 54.1 Å². The van der Waals surface area contributed by atoms with Crippen LogP contribution in [0.15, 0.2) is 66.7 Å². The molecule has 0 aliphatic heterocycles. The fourth-order valence-electron chi connectivity index (χ4n) is 2.81. The van der Waals surface area contributed by atoms with Crippen molar-refractivity contribution in [1.82, 2.24) is 15.0 Å². The van der Waals surface area contributed by atoms with E-state index in [0.717, 1.165) is 17.2 Å². The number of aromatic carboxylic acids is 1. The van der Waals surface area contributed by atoms with Gasteiger partial charge >= 0.3 is 5.97 Å². The standard InChI is InChI=1S/C22H12F2N3O2.Pt/c23-20-12-11-15(21(24)27-20)18-5-1-3-16(25-18)13-7-9-14(10-8-13)17-4-2-6-19(26-17)22(28)29;/h1-10,12H,(H,28,29);/q-1;. The SMILES string of the molecule is O=C(O)c1cccc(-c2ccc(-c3cccc(-c4[c-]cc(F)nc4F)n3)cc2)n1.[Pt]. The second kappa shape index (κ2) is 9.01. The Hall–Kier alpha value is -3.31. The van der Waals surface area contributed by atoms with Crippen molar-refractivity contribution in [3.05, 3.63) is 90.4 Å². The number of nitrogens with zero attached hydrogens (tertiary/aromatic N) is 3. The maximum Gasteiger partial charge on any atom is 0.354 e. The summed E-state index contributed by atoms with van der Waals surface area (Å²) in [7, 11) is 0. The number of carboxylic acids is 1. The molecule has 0 amide bonds. The van der Waals surface area contributed by atoms with Crippen LogP contribution < -0.4 is 0 Å². The number of carbonyl (C=O) groups is 1. The summed E-state index contributed by atoms with van der Waals surface area (Å²) in [5.41, 5.74) is 2.86. The van der Waals surface area contributed by atoms with Crippen LogP contribution in [0.25, 0.3) is 33.8 Å². The molecular weight excluding hydrogens is 571 g/mol. The maximum atomic E-state index is 13.9. The Kier molecular flexibility index (Phi) is 6.43. The molecule has 152 valence electrons. The van der Waals surface area contributed by atoms with E-state index in [1.165, 1.54) is 6.07 Å². The molecule has 0 aliphatic rings. The summed E-state index contributed by atoms with van der Waals surface area (Å²) in [6.07, 6.45) is 0. The van der Waals surface area contributed by atoms with Crippen LogP contribution in [0.2, 0.25) is 0 Å². The van der Waals surface area contributed by atoms with Gasteiger partial charge in [-0.2, -0.15) is 0 Å². The van der Waals surface area contributed by atoms with Gasteiger partial charge in [0.1, 0.15) is 17.6 Å². The predicted molar refractivity (Wildman–Crippen MR) is 102 cm³/mol. The Morgan fingerprint density at radius 2 is 1.37 bits per heavy atom. The summed E-state index contributed by atoms with van der Waals surface area (Å²) in [6.45, 7) is 0. The van der Waals surface area contributed by atoms with E-state index in [4.69, 9.17) is 5.11 Å². The van der Waals surface area contributed by atoms with E-state index in [1.807, 2.05) is 0 Å². The number of rotatable bonds is 4. The summed E-state index contributed by atoms with van der Waals surface area (Å²) < 4.78 is 26.9. The van der Waals surface area contributed by atoms with Crippen LogP contribution in [0.1, 0.15) is 10.5 Å². The molecule has 0 unspecified atom stereocenters. The van der Waals surface area contributed by atoms with Crippen molar-refractivity contribution in [2.75, 3.05) is 0 Å². The Labute approximate surface area is 184 Å². The molecule has 0 radical (unpaired) electrons. The number of carboxylic acid groups (broad SMARTS) is 1. The Morgan fingerprint density at radius 3 is 1.97 bits per heavy atom. The fraction of sp³-hybridized carbons (Fsp3) is 0. The van der Waals surface area contributed by atoms with Crippen LogP contribution in [-0.2, 0) is 21.1 Å². The number of pyridine rings is 3. The van der Waals surface area contributed by atoms with Gasteiger partial charge in [-0.05, 0) is 29.5 Å². The summed E-state index contributed by atoms with van der Waals surface area (Å²) in [5, 5.41) is 9.08. The number of aromatic nitrogens is 3. The monoisotopic (exact) mass is 583 g/mol. The first kappa shape index (κ1) is 21.4. The smallest absolute Gasteiger partial charge is 0.354 e. The van der Waals surface area contributed by atoms with Gasteiger partial charge in [0, 0.05) is 26.6 Å². The molecule has 8 heteroatoms. The third kappa shape index (κ3) is 4.47. The van der Waals surface area contributed by atoms with Crippen molar-refractivity contribution in [2.24, 2.45) is 0 Å². The molecule has 3 aromatic heterocycles. The molecule has 1 N–H and O–H groups in total. The van der Waals surface area contributed by atoms with E-state index in [1.54, 1.807) is 54.6 Å². The predicted octanol–water partition coefficient (Wildman–Crippen LogP) is 4.65. The molecule has 0 aliphatic carbocycles. The van der Waals surface area contributed by atoms with E-state index in [9.17, 15) is 13.6 Å². The number of benzene rings is 1. The van der Waals surface area contributed by atoms with Gasteiger partial charge in [0.15, 0.2) is 0 Å². The third-order valence-electron chi connectivity index (χ3n) is 4.20.